The molecule has 4 nitrogen and oxygen atoms in total. The quantitative estimate of drug-likeness (QED) is 0.861. The van der Waals surface area contributed by atoms with Gasteiger partial charge in [0, 0.05) is 31.4 Å². The van der Waals surface area contributed by atoms with Gasteiger partial charge in [0.1, 0.15) is 0 Å². The van der Waals surface area contributed by atoms with Gasteiger partial charge in [-0.2, -0.15) is 0 Å². The summed E-state index contributed by atoms with van der Waals surface area (Å²) in [5.74, 6) is 0. The van der Waals surface area contributed by atoms with E-state index in [9.17, 15) is 5.11 Å². The first-order valence-electron chi connectivity index (χ1n) is 6.75. The van der Waals surface area contributed by atoms with Crippen LogP contribution in [0.2, 0.25) is 0 Å². The maximum Gasteiger partial charge on any atom is 0.0964 e. The molecule has 98 valence electrons. The SMILES string of the molecule is OC(Cc1ccncc1)C1CN2CCCC2CO1. The van der Waals surface area contributed by atoms with Crippen molar-refractivity contribution in [3.8, 4) is 0 Å². The zero-order valence-corrected chi connectivity index (χ0v) is 10.5. The number of fused-ring (bicyclic) bond motifs is 1. The van der Waals surface area contributed by atoms with Crippen LogP contribution < -0.4 is 0 Å². The molecule has 0 saturated carbocycles. The van der Waals surface area contributed by atoms with Gasteiger partial charge in [-0.05, 0) is 37.1 Å². The van der Waals surface area contributed by atoms with Crippen LogP contribution in [-0.2, 0) is 11.2 Å². The second-order valence-electron chi connectivity index (χ2n) is 5.29. The number of pyridine rings is 1. The standard InChI is InChI=1S/C14H20N2O2/c17-13(8-11-3-5-15-6-4-11)14-9-16-7-1-2-12(16)10-18-14/h3-6,12-14,17H,1-2,7-10H2. The van der Waals surface area contributed by atoms with E-state index in [1.54, 1.807) is 12.4 Å². The molecule has 2 fully saturated rings. The third kappa shape index (κ3) is 2.55. The van der Waals surface area contributed by atoms with E-state index in [1.807, 2.05) is 12.1 Å². The van der Waals surface area contributed by atoms with E-state index < -0.39 is 6.10 Å². The highest BCUT2D eigenvalue weighted by Crippen LogP contribution is 2.24. The zero-order chi connectivity index (χ0) is 12.4. The van der Waals surface area contributed by atoms with Crippen molar-refractivity contribution in [3.63, 3.8) is 0 Å². The molecular formula is C14H20N2O2. The lowest BCUT2D eigenvalue weighted by molar-refractivity contribution is -0.101. The minimum atomic E-state index is -0.422. The maximum absolute atomic E-state index is 10.3. The number of aliphatic hydroxyl groups excluding tert-OH is 1. The third-order valence-corrected chi connectivity index (χ3v) is 4.04. The van der Waals surface area contributed by atoms with E-state index in [-0.39, 0.29) is 6.10 Å². The largest absolute Gasteiger partial charge is 0.390 e. The number of nitrogens with zero attached hydrogens (tertiary/aromatic N) is 2. The first-order valence-corrected chi connectivity index (χ1v) is 6.75. The number of hydrogen-bond donors (Lipinski definition) is 1. The van der Waals surface area contributed by atoms with Crippen LogP contribution in [0.4, 0.5) is 0 Å². The molecule has 0 amide bonds. The summed E-state index contributed by atoms with van der Waals surface area (Å²) in [4.78, 5) is 6.45. The lowest BCUT2D eigenvalue weighted by atomic mass is 10.0. The summed E-state index contributed by atoms with van der Waals surface area (Å²) in [6, 6.07) is 4.49. The average Bonchev–Trinajstić information content (AvgIpc) is 2.87. The van der Waals surface area contributed by atoms with Gasteiger partial charge in [-0.15, -0.1) is 0 Å². The van der Waals surface area contributed by atoms with E-state index in [0.717, 1.165) is 25.3 Å². The molecule has 3 heterocycles. The monoisotopic (exact) mass is 248 g/mol. The van der Waals surface area contributed by atoms with Crippen molar-refractivity contribution in [2.24, 2.45) is 0 Å². The van der Waals surface area contributed by atoms with Gasteiger partial charge in [-0.3, -0.25) is 9.88 Å². The van der Waals surface area contributed by atoms with E-state index in [1.165, 1.54) is 12.8 Å². The molecule has 1 aromatic heterocycles. The van der Waals surface area contributed by atoms with Crippen LogP contribution >= 0.6 is 0 Å². The Morgan fingerprint density at radius 2 is 2.28 bits per heavy atom. The van der Waals surface area contributed by atoms with Crippen LogP contribution in [0.25, 0.3) is 0 Å². The van der Waals surface area contributed by atoms with Crippen molar-refractivity contribution in [1.82, 2.24) is 9.88 Å². The number of aromatic nitrogens is 1. The van der Waals surface area contributed by atoms with Crippen LogP contribution in [0.1, 0.15) is 18.4 Å². The fourth-order valence-electron chi connectivity index (χ4n) is 2.97. The predicted molar refractivity (Wildman–Crippen MR) is 68.3 cm³/mol. The van der Waals surface area contributed by atoms with Gasteiger partial charge in [-0.1, -0.05) is 0 Å². The first-order chi connectivity index (χ1) is 8.83. The van der Waals surface area contributed by atoms with Crippen molar-refractivity contribution in [2.45, 2.75) is 37.5 Å². The molecule has 2 aliphatic rings. The van der Waals surface area contributed by atoms with Crippen LogP contribution in [0.5, 0.6) is 0 Å². The summed E-state index contributed by atoms with van der Waals surface area (Å²) < 4.78 is 5.82. The summed E-state index contributed by atoms with van der Waals surface area (Å²) in [6.07, 6.45) is 6.21. The highest BCUT2D eigenvalue weighted by Gasteiger charge is 2.35. The first kappa shape index (κ1) is 12.1. The topological polar surface area (TPSA) is 45.6 Å². The number of rotatable bonds is 3. The van der Waals surface area contributed by atoms with Crippen LogP contribution in [0.15, 0.2) is 24.5 Å². The summed E-state index contributed by atoms with van der Waals surface area (Å²) in [5, 5.41) is 10.3. The molecule has 1 aromatic rings. The molecule has 3 rings (SSSR count). The minimum absolute atomic E-state index is 0.0486. The van der Waals surface area contributed by atoms with Gasteiger partial charge >= 0.3 is 0 Å². The summed E-state index contributed by atoms with van der Waals surface area (Å²) >= 11 is 0. The lowest BCUT2D eigenvalue weighted by Gasteiger charge is -2.37. The minimum Gasteiger partial charge on any atom is -0.390 e. The highest BCUT2D eigenvalue weighted by molar-refractivity contribution is 5.11. The van der Waals surface area contributed by atoms with Crippen LogP contribution in [0.3, 0.4) is 0 Å². The van der Waals surface area contributed by atoms with Crippen LogP contribution in [0, 0.1) is 0 Å². The molecule has 18 heavy (non-hydrogen) atoms. The Morgan fingerprint density at radius 1 is 1.44 bits per heavy atom. The number of aliphatic hydroxyl groups is 1. The molecule has 0 aromatic carbocycles. The molecule has 0 aliphatic carbocycles. The van der Waals surface area contributed by atoms with Crippen molar-refractivity contribution in [1.29, 1.82) is 0 Å². The van der Waals surface area contributed by atoms with Crippen molar-refractivity contribution >= 4 is 0 Å². The molecule has 3 atom stereocenters. The fourth-order valence-corrected chi connectivity index (χ4v) is 2.97. The average molecular weight is 248 g/mol. The summed E-state index contributed by atoms with van der Waals surface area (Å²) in [5.41, 5.74) is 1.12. The Morgan fingerprint density at radius 3 is 3.11 bits per heavy atom. The lowest BCUT2D eigenvalue weighted by Crippen LogP contribution is -2.50. The second-order valence-corrected chi connectivity index (χ2v) is 5.29. The van der Waals surface area contributed by atoms with Gasteiger partial charge in [0.25, 0.3) is 0 Å². The van der Waals surface area contributed by atoms with Gasteiger partial charge < -0.3 is 9.84 Å². The van der Waals surface area contributed by atoms with Crippen LogP contribution in [-0.4, -0.2) is 52.9 Å². The molecule has 0 bridgehead atoms. The Hall–Kier alpha value is -0.970. The predicted octanol–water partition coefficient (Wildman–Crippen LogP) is 0.848. The Kier molecular flexibility index (Phi) is 3.59. The Labute approximate surface area is 108 Å². The second kappa shape index (κ2) is 5.34. The molecular weight excluding hydrogens is 228 g/mol. The molecule has 3 unspecified atom stereocenters. The van der Waals surface area contributed by atoms with Gasteiger partial charge in [-0.25, -0.2) is 0 Å². The van der Waals surface area contributed by atoms with Crippen molar-refractivity contribution < 1.29 is 9.84 Å². The van der Waals surface area contributed by atoms with E-state index >= 15 is 0 Å². The number of ether oxygens (including phenoxy) is 1. The highest BCUT2D eigenvalue weighted by atomic mass is 16.5. The smallest absolute Gasteiger partial charge is 0.0964 e. The summed E-state index contributed by atoms with van der Waals surface area (Å²) in [6.45, 7) is 2.81. The van der Waals surface area contributed by atoms with E-state index in [2.05, 4.69) is 9.88 Å². The Bertz CT molecular complexity index is 385. The molecule has 4 heteroatoms. The van der Waals surface area contributed by atoms with Gasteiger partial charge in [0.15, 0.2) is 0 Å². The number of hydrogen-bond acceptors (Lipinski definition) is 4. The van der Waals surface area contributed by atoms with Gasteiger partial charge in [0.2, 0.25) is 0 Å². The Balaban J connectivity index is 1.58. The third-order valence-electron chi connectivity index (χ3n) is 4.04. The van der Waals surface area contributed by atoms with E-state index in [4.69, 9.17) is 4.74 Å². The fraction of sp³-hybridized carbons (Fsp3) is 0.643. The molecule has 0 radical (unpaired) electrons. The van der Waals surface area contributed by atoms with E-state index in [0.29, 0.717) is 12.5 Å². The maximum atomic E-state index is 10.3. The molecule has 1 N–H and O–H groups in total. The zero-order valence-electron chi connectivity index (χ0n) is 10.5. The normalized spacial score (nSPS) is 30.1. The van der Waals surface area contributed by atoms with Crippen molar-refractivity contribution in [2.75, 3.05) is 19.7 Å². The molecule has 2 aliphatic heterocycles. The van der Waals surface area contributed by atoms with Gasteiger partial charge in [0.05, 0.1) is 18.8 Å². The number of morpholine rings is 1. The molecule has 0 spiro atoms. The van der Waals surface area contributed by atoms with Crippen molar-refractivity contribution in [3.05, 3.63) is 30.1 Å². The summed E-state index contributed by atoms with van der Waals surface area (Å²) in [7, 11) is 0. The molecule has 2 saturated heterocycles.